The van der Waals surface area contributed by atoms with Gasteiger partial charge in [-0.2, -0.15) is 0 Å². The summed E-state index contributed by atoms with van der Waals surface area (Å²) < 4.78 is 35.9. The molecule has 0 radical (unpaired) electrons. The van der Waals surface area contributed by atoms with Crippen LogP contribution in [0.3, 0.4) is 0 Å². The van der Waals surface area contributed by atoms with E-state index in [1.165, 1.54) is 6.20 Å². The minimum atomic E-state index is -4.02. The smallest absolute Gasteiger partial charge is 0.257 e. The lowest BCUT2D eigenvalue weighted by molar-refractivity contribution is 0.102. The van der Waals surface area contributed by atoms with Crippen molar-refractivity contribution in [1.29, 1.82) is 0 Å². The molecule has 9 heteroatoms. The third kappa shape index (κ3) is 3.52. The van der Waals surface area contributed by atoms with Crippen LogP contribution in [0.5, 0.6) is 5.75 Å². The number of sulfonamides is 1. The Bertz CT molecular complexity index is 808. The van der Waals surface area contributed by atoms with Gasteiger partial charge >= 0.3 is 0 Å². The summed E-state index contributed by atoms with van der Waals surface area (Å²) in [5, 5.41) is 16.3. The van der Waals surface area contributed by atoms with Crippen molar-refractivity contribution in [1.82, 2.24) is 4.98 Å². The predicted octanol–water partition coefficient (Wildman–Crippen LogP) is 0.826. The maximum atomic E-state index is 13.7. The molecule has 0 aliphatic rings. The Morgan fingerprint density at radius 2 is 2.00 bits per heavy atom. The minimum absolute atomic E-state index is 0.0184. The molecule has 4 N–H and O–H groups in total. The predicted molar refractivity (Wildman–Crippen MR) is 71.6 cm³/mol. The summed E-state index contributed by atoms with van der Waals surface area (Å²) in [5.41, 5.74) is -0.208. The SMILES string of the molecule is NS(=O)(=O)c1ccc(NC(=O)c2cncc(O)c2)c(F)c1. The molecule has 1 aromatic heterocycles. The maximum absolute atomic E-state index is 13.7. The van der Waals surface area contributed by atoms with Crippen molar-refractivity contribution in [3.63, 3.8) is 0 Å². The van der Waals surface area contributed by atoms with Gasteiger partial charge < -0.3 is 10.4 Å². The number of benzene rings is 1. The number of hydrogen-bond donors (Lipinski definition) is 3. The number of rotatable bonds is 3. The summed E-state index contributed by atoms with van der Waals surface area (Å²) >= 11 is 0. The monoisotopic (exact) mass is 311 g/mol. The molecule has 0 aliphatic carbocycles. The van der Waals surface area contributed by atoms with E-state index in [9.17, 15) is 22.7 Å². The molecule has 1 amide bonds. The number of nitrogens with two attached hydrogens (primary N) is 1. The fourth-order valence-corrected chi connectivity index (χ4v) is 2.05. The van der Waals surface area contributed by atoms with Crippen LogP contribution in [0.25, 0.3) is 0 Å². The van der Waals surface area contributed by atoms with Crippen molar-refractivity contribution in [3.05, 3.63) is 48.0 Å². The summed E-state index contributed by atoms with van der Waals surface area (Å²) in [6.07, 6.45) is 2.32. The first kappa shape index (κ1) is 14.9. The zero-order chi connectivity index (χ0) is 15.6. The number of pyridine rings is 1. The molecular weight excluding hydrogens is 301 g/mol. The minimum Gasteiger partial charge on any atom is -0.506 e. The van der Waals surface area contributed by atoms with E-state index in [0.717, 1.165) is 24.4 Å². The quantitative estimate of drug-likeness (QED) is 0.774. The zero-order valence-electron chi connectivity index (χ0n) is 10.4. The van der Waals surface area contributed by atoms with E-state index < -0.39 is 26.6 Å². The Morgan fingerprint density at radius 1 is 1.29 bits per heavy atom. The van der Waals surface area contributed by atoms with Gasteiger partial charge in [-0.15, -0.1) is 0 Å². The van der Waals surface area contributed by atoms with Crippen LogP contribution in [0, 0.1) is 5.82 Å². The number of aromatic hydroxyl groups is 1. The summed E-state index contributed by atoms with van der Waals surface area (Å²) in [6.45, 7) is 0. The Kier molecular flexibility index (Phi) is 3.87. The third-order valence-corrected chi connectivity index (χ3v) is 3.41. The van der Waals surface area contributed by atoms with Gasteiger partial charge in [0, 0.05) is 6.20 Å². The molecule has 0 saturated carbocycles. The number of aromatic nitrogens is 1. The Morgan fingerprint density at radius 3 is 2.57 bits per heavy atom. The molecule has 110 valence electrons. The molecule has 21 heavy (non-hydrogen) atoms. The van der Waals surface area contributed by atoms with E-state index in [-0.39, 0.29) is 17.0 Å². The second-order valence-corrected chi connectivity index (χ2v) is 5.63. The average molecular weight is 311 g/mol. The fourth-order valence-electron chi connectivity index (χ4n) is 1.52. The summed E-state index contributed by atoms with van der Waals surface area (Å²) in [4.78, 5) is 15.0. The van der Waals surface area contributed by atoms with Crippen LogP contribution in [-0.2, 0) is 10.0 Å². The molecule has 0 spiro atoms. The number of carbonyl (C=O) groups excluding carboxylic acids is 1. The van der Waals surface area contributed by atoms with Crippen LogP contribution in [-0.4, -0.2) is 24.4 Å². The number of halogens is 1. The molecule has 1 aromatic carbocycles. The topological polar surface area (TPSA) is 122 Å². The first-order valence-electron chi connectivity index (χ1n) is 5.55. The van der Waals surface area contributed by atoms with Gasteiger partial charge in [-0.3, -0.25) is 9.78 Å². The standard InChI is InChI=1S/C12H10FN3O4S/c13-10-4-9(21(14,19)20)1-2-11(10)16-12(18)7-3-8(17)6-15-5-7/h1-6,17H,(H,16,18)(H2,14,19,20). The first-order valence-corrected chi connectivity index (χ1v) is 7.10. The molecule has 7 nitrogen and oxygen atoms in total. The Hall–Kier alpha value is -2.52. The van der Waals surface area contributed by atoms with Crippen molar-refractivity contribution in [2.24, 2.45) is 5.14 Å². The van der Waals surface area contributed by atoms with Crippen molar-refractivity contribution < 1.29 is 22.7 Å². The highest BCUT2D eigenvalue weighted by molar-refractivity contribution is 7.89. The molecule has 0 saturated heterocycles. The second-order valence-electron chi connectivity index (χ2n) is 4.07. The van der Waals surface area contributed by atoms with Crippen LogP contribution in [0.2, 0.25) is 0 Å². The molecule has 0 atom stereocenters. The highest BCUT2D eigenvalue weighted by Gasteiger charge is 2.14. The van der Waals surface area contributed by atoms with E-state index in [4.69, 9.17) is 5.14 Å². The van der Waals surface area contributed by atoms with Gasteiger partial charge in [-0.1, -0.05) is 0 Å². The van der Waals surface area contributed by atoms with Crippen LogP contribution in [0.4, 0.5) is 10.1 Å². The Labute approximate surface area is 119 Å². The number of nitrogens with one attached hydrogen (secondary N) is 1. The van der Waals surface area contributed by atoms with Crippen molar-refractivity contribution in [2.75, 3.05) is 5.32 Å². The van der Waals surface area contributed by atoms with Gasteiger partial charge in [0.05, 0.1) is 22.3 Å². The lowest BCUT2D eigenvalue weighted by atomic mass is 10.2. The first-order chi connectivity index (χ1) is 9.77. The number of hydrogen-bond acceptors (Lipinski definition) is 5. The molecule has 0 unspecified atom stereocenters. The molecule has 0 fully saturated rings. The van der Waals surface area contributed by atoms with E-state index in [2.05, 4.69) is 10.3 Å². The molecule has 0 aliphatic heterocycles. The van der Waals surface area contributed by atoms with Gasteiger partial charge in [0.1, 0.15) is 11.6 Å². The van der Waals surface area contributed by atoms with E-state index in [1.807, 2.05) is 0 Å². The lowest BCUT2D eigenvalue weighted by Gasteiger charge is -2.07. The van der Waals surface area contributed by atoms with Gasteiger partial charge in [0.25, 0.3) is 5.91 Å². The van der Waals surface area contributed by atoms with E-state index in [1.54, 1.807) is 0 Å². The van der Waals surface area contributed by atoms with Crippen LogP contribution >= 0.6 is 0 Å². The van der Waals surface area contributed by atoms with E-state index >= 15 is 0 Å². The van der Waals surface area contributed by atoms with Crippen molar-refractivity contribution in [3.8, 4) is 5.75 Å². The number of amides is 1. The average Bonchev–Trinajstić information content (AvgIpc) is 2.39. The van der Waals surface area contributed by atoms with Crippen LogP contribution in [0.15, 0.2) is 41.6 Å². The highest BCUT2D eigenvalue weighted by atomic mass is 32.2. The van der Waals surface area contributed by atoms with Gasteiger partial charge in [-0.05, 0) is 24.3 Å². The molecule has 1 heterocycles. The summed E-state index contributed by atoms with van der Waals surface area (Å²) in [7, 11) is -4.02. The fraction of sp³-hybridized carbons (Fsp3) is 0. The number of anilines is 1. The number of nitrogens with zero attached hydrogens (tertiary/aromatic N) is 1. The van der Waals surface area contributed by atoms with Crippen LogP contribution < -0.4 is 10.5 Å². The molecular formula is C12H10FN3O4S. The van der Waals surface area contributed by atoms with Gasteiger partial charge in [-0.25, -0.2) is 17.9 Å². The van der Waals surface area contributed by atoms with Crippen molar-refractivity contribution >= 4 is 21.6 Å². The third-order valence-electron chi connectivity index (χ3n) is 2.50. The molecule has 0 bridgehead atoms. The van der Waals surface area contributed by atoms with E-state index in [0.29, 0.717) is 6.07 Å². The summed E-state index contributed by atoms with van der Waals surface area (Å²) in [5.74, 6) is -1.88. The highest BCUT2D eigenvalue weighted by Crippen LogP contribution is 2.19. The zero-order valence-corrected chi connectivity index (χ0v) is 11.3. The summed E-state index contributed by atoms with van der Waals surface area (Å²) in [6, 6.07) is 3.99. The van der Waals surface area contributed by atoms with Crippen LogP contribution in [0.1, 0.15) is 10.4 Å². The lowest BCUT2D eigenvalue weighted by Crippen LogP contribution is -2.15. The largest absolute Gasteiger partial charge is 0.506 e. The Balaban J connectivity index is 2.26. The normalized spacial score (nSPS) is 11.1. The van der Waals surface area contributed by atoms with Gasteiger partial charge in [0.2, 0.25) is 10.0 Å². The number of primary sulfonamides is 1. The maximum Gasteiger partial charge on any atom is 0.257 e. The molecule has 2 aromatic rings. The van der Waals surface area contributed by atoms with Gasteiger partial charge in [0.15, 0.2) is 0 Å². The van der Waals surface area contributed by atoms with Crippen molar-refractivity contribution in [2.45, 2.75) is 4.90 Å². The second kappa shape index (κ2) is 5.46. The number of carbonyl (C=O) groups is 1. The molecule has 2 rings (SSSR count).